The van der Waals surface area contributed by atoms with Gasteiger partial charge in [-0.2, -0.15) is 0 Å². The van der Waals surface area contributed by atoms with Gasteiger partial charge in [0.05, 0.1) is 17.0 Å². The molecular formula is C15H18ClF2NO2. The van der Waals surface area contributed by atoms with Crippen LogP contribution < -0.4 is 0 Å². The van der Waals surface area contributed by atoms with Gasteiger partial charge in [0.25, 0.3) is 0 Å². The normalized spacial score (nSPS) is 26.0. The summed E-state index contributed by atoms with van der Waals surface area (Å²) in [5, 5.41) is 9.88. The molecule has 116 valence electrons. The molecule has 0 aliphatic carbocycles. The Morgan fingerprint density at radius 2 is 2.19 bits per heavy atom. The lowest BCUT2D eigenvalue weighted by Gasteiger charge is -2.41. The second-order valence-corrected chi connectivity index (χ2v) is 6.25. The zero-order valence-electron chi connectivity index (χ0n) is 12.0. The Kier molecular flexibility index (Phi) is 4.54. The summed E-state index contributed by atoms with van der Waals surface area (Å²) >= 11 is 5.62. The first-order valence-electron chi connectivity index (χ1n) is 6.85. The van der Waals surface area contributed by atoms with Crippen LogP contribution in [0.4, 0.5) is 8.78 Å². The van der Waals surface area contributed by atoms with E-state index in [0.29, 0.717) is 19.5 Å². The Hall–Kier alpha value is -1.20. The Labute approximate surface area is 127 Å². The van der Waals surface area contributed by atoms with Crippen molar-refractivity contribution in [2.24, 2.45) is 5.92 Å². The van der Waals surface area contributed by atoms with Gasteiger partial charge in [0.2, 0.25) is 5.91 Å². The topological polar surface area (TPSA) is 40.5 Å². The second kappa shape index (κ2) is 5.89. The average molecular weight is 318 g/mol. The van der Waals surface area contributed by atoms with E-state index in [1.165, 1.54) is 4.90 Å². The molecule has 1 aliphatic rings. The second-order valence-electron chi connectivity index (χ2n) is 5.85. The van der Waals surface area contributed by atoms with Gasteiger partial charge in [-0.3, -0.25) is 4.79 Å². The van der Waals surface area contributed by atoms with Gasteiger partial charge in [0, 0.05) is 24.6 Å². The predicted molar refractivity (Wildman–Crippen MR) is 76.1 cm³/mol. The van der Waals surface area contributed by atoms with E-state index in [1.807, 2.05) is 6.92 Å². The summed E-state index contributed by atoms with van der Waals surface area (Å²) in [6.07, 6.45) is 0.0769. The number of rotatable bonds is 2. The van der Waals surface area contributed by atoms with Crippen molar-refractivity contribution in [3.63, 3.8) is 0 Å². The van der Waals surface area contributed by atoms with E-state index in [0.717, 1.165) is 12.1 Å². The van der Waals surface area contributed by atoms with Crippen molar-refractivity contribution in [2.45, 2.75) is 32.3 Å². The zero-order chi connectivity index (χ0) is 15.8. The minimum Gasteiger partial charge on any atom is -0.390 e. The van der Waals surface area contributed by atoms with Crippen LogP contribution in [-0.2, 0) is 11.2 Å². The van der Waals surface area contributed by atoms with E-state index in [9.17, 15) is 18.7 Å². The number of halogens is 3. The number of carbonyl (C=O) groups is 1. The molecule has 0 saturated carbocycles. The summed E-state index contributed by atoms with van der Waals surface area (Å²) in [5.74, 6) is -2.12. The summed E-state index contributed by atoms with van der Waals surface area (Å²) in [6.45, 7) is 4.32. The number of nitrogens with zero attached hydrogens (tertiary/aromatic N) is 1. The molecule has 0 bridgehead atoms. The summed E-state index contributed by atoms with van der Waals surface area (Å²) in [5.41, 5.74) is -1.12. The molecule has 21 heavy (non-hydrogen) atoms. The fourth-order valence-corrected chi connectivity index (χ4v) is 2.62. The third-order valence-corrected chi connectivity index (χ3v) is 4.56. The minimum atomic E-state index is -0.887. The lowest BCUT2D eigenvalue weighted by molar-refractivity contribution is -0.137. The van der Waals surface area contributed by atoms with Gasteiger partial charge in [-0.15, -0.1) is 0 Å². The molecule has 1 aromatic rings. The summed E-state index contributed by atoms with van der Waals surface area (Å²) in [4.78, 5) is 13.7. The molecule has 0 spiro atoms. The monoisotopic (exact) mass is 317 g/mol. The van der Waals surface area contributed by atoms with E-state index in [-0.39, 0.29) is 28.8 Å². The van der Waals surface area contributed by atoms with Crippen molar-refractivity contribution in [1.29, 1.82) is 0 Å². The number of hydrogen-bond acceptors (Lipinski definition) is 2. The maximum absolute atomic E-state index is 13.8. The molecule has 3 nitrogen and oxygen atoms in total. The number of hydrogen-bond donors (Lipinski definition) is 1. The van der Waals surface area contributed by atoms with Crippen molar-refractivity contribution in [1.82, 2.24) is 4.90 Å². The quantitative estimate of drug-likeness (QED) is 0.852. The zero-order valence-corrected chi connectivity index (χ0v) is 12.8. The van der Waals surface area contributed by atoms with E-state index in [1.54, 1.807) is 6.92 Å². The lowest BCUT2D eigenvalue weighted by Crippen LogP contribution is -2.51. The molecular weight excluding hydrogens is 300 g/mol. The van der Waals surface area contributed by atoms with Gasteiger partial charge in [0.15, 0.2) is 0 Å². The van der Waals surface area contributed by atoms with Crippen LogP contribution in [0.15, 0.2) is 12.1 Å². The summed E-state index contributed by atoms with van der Waals surface area (Å²) in [7, 11) is 0. The minimum absolute atomic E-state index is 0.0933. The molecule has 1 amide bonds. The molecule has 1 aliphatic heterocycles. The number of aliphatic hydroxyl groups is 1. The third-order valence-electron chi connectivity index (χ3n) is 4.26. The van der Waals surface area contributed by atoms with E-state index < -0.39 is 17.2 Å². The number of benzene rings is 1. The molecule has 1 heterocycles. The fraction of sp³-hybridized carbons (Fsp3) is 0.533. The third kappa shape index (κ3) is 3.35. The highest BCUT2D eigenvalue weighted by molar-refractivity contribution is 6.30. The summed E-state index contributed by atoms with van der Waals surface area (Å²) < 4.78 is 27.5. The first kappa shape index (κ1) is 16.2. The van der Waals surface area contributed by atoms with Crippen LogP contribution >= 0.6 is 11.6 Å². The van der Waals surface area contributed by atoms with Crippen LogP contribution in [0.1, 0.15) is 25.8 Å². The average Bonchev–Trinajstić information content (AvgIpc) is 2.42. The molecule has 2 atom stereocenters. The number of likely N-dealkylation sites (tertiary alicyclic amines) is 1. The van der Waals surface area contributed by atoms with Crippen LogP contribution in [-0.4, -0.2) is 34.6 Å². The number of piperidine rings is 1. The molecule has 1 fully saturated rings. The highest BCUT2D eigenvalue weighted by atomic mass is 35.5. The smallest absolute Gasteiger partial charge is 0.227 e. The largest absolute Gasteiger partial charge is 0.390 e. The highest BCUT2D eigenvalue weighted by Crippen LogP contribution is 2.28. The number of carbonyl (C=O) groups excluding carboxylic acids is 1. The lowest BCUT2D eigenvalue weighted by atomic mass is 9.84. The van der Waals surface area contributed by atoms with Gasteiger partial charge in [-0.05, 0) is 25.5 Å². The summed E-state index contributed by atoms with van der Waals surface area (Å²) in [6, 6.07) is 2.18. The van der Waals surface area contributed by atoms with E-state index in [2.05, 4.69) is 0 Å². The molecule has 2 rings (SSSR count). The first-order chi connectivity index (χ1) is 9.72. The maximum atomic E-state index is 13.8. The molecule has 0 unspecified atom stereocenters. The Balaban J connectivity index is 2.11. The highest BCUT2D eigenvalue weighted by Gasteiger charge is 2.36. The number of amides is 1. The molecule has 0 aromatic heterocycles. The van der Waals surface area contributed by atoms with Crippen molar-refractivity contribution in [3.05, 3.63) is 34.4 Å². The molecule has 1 aromatic carbocycles. The Bertz CT molecular complexity index is 563. The van der Waals surface area contributed by atoms with Crippen molar-refractivity contribution >= 4 is 17.5 Å². The van der Waals surface area contributed by atoms with Crippen molar-refractivity contribution < 1.29 is 18.7 Å². The van der Waals surface area contributed by atoms with Gasteiger partial charge < -0.3 is 10.0 Å². The van der Waals surface area contributed by atoms with Crippen molar-refractivity contribution in [3.8, 4) is 0 Å². The Morgan fingerprint density at radius 3 is 2.81 bits per heavy atom. The van der Waals surface area contributed by atoms with Crippen LogP contribution in [0, 0.1) is 17.6 Å². The van der Waals surface area contributed by atoms with Crippen LogP contribution in [0.25, 0.3) is 0 Å². The molecule has 6 heteroatoms. The SMILES string of the molecule is C[C@@H]1CN(C(=O)Cc2c(F)ccc(Cl)c2F)CC[C@]1(C)O. The molecule has 1 N–H and O–H groups in total. The van der Waals surface area contributed by atoms with Crippen LogP contribution in [0.3, 0.4) is 0 Å². The van der Waals surface area contributed by atoms with Crippen LogP contribution in [0.5, 0.6) is 0 Å². The van der Waals surface area contributed by atoms with Gasteiger partial charge >= 0.3 is 0 Å². The fourth-order valence-electron chi connectivity index (χ4n) is 2.45. The predicted octanol–water partition coefficient (Wildman–Crippen LogP) is 2.78. The first-order valence-corrected chi connectivity index (χ1v) is 7.22. The van der Waals surface area contributed by atoms with Gasteiger partial charge in [-0.1, -0.05) is 18.5 Å². The van der Waals surface area contributed by atoms with E-state index >= 15 is 0 Å². The van der Waals surface area contributed by atoms with Crippen LogP contribution in [0.2, 0.25) is 5.02 Å². The van der Waals surface area contributed by atoms with Gasteiger partial charge in [0.1, 0.15) is 11.6 Å². The van der Waals surface area contributed by atoms with Crippen molar-refractivity contribution in [2.75, 3.05) is 13.1 Å². The van der Waals surface area contributed by atoms with E-state index in [4.69, 9.17) is 11.6 Å². The standard InChI is InChI=1S/C15H18ClF2NO2/c1-9-8-19(6-5-15(9,2)21)13(20)7-10-12(17)4-3-11(16)14(10)18/h3-4,9,21H,5-8H2,1-2H3/t9-,15+/m1/s1. The maximum Gasteiger partial charge on any atom is 0.227 e. The Morgan fingerprint density at radius 1 is 1.52 bits per heavy atom. The van der Waals surface area contributed by atoms with Gasteiger partial charge in [-0.25, -0.2) is 8.78 Å². The molecule has 0 radical (unpaired) electrons. The molecule has 1 saturated heterocycles.